The maximum atomic E-state index is 12.7. The highest BCUT2D eigenvalue weighted by atomic mass is 19.4. The number of hydrogen-bond acceptors (Lipinski definition) is 3. The Morgan fingerprint density at radius 2 is 1.48 bits per heavy atom. The molecule has 0 aliphatic heterocycles. The van der Waals surface area contributed by atoms with Crippen LogP contribution in [0.25, 0.3) is 21.8 Å². The van der Waals surface area contributed by atoms with E-state index in [0.29, 0.717) is 0 Å². The summed E-state index contributed by atoms with van der Waals surface area (Å²) in [5, 5.41) is 9.77. The summed E-state index contributed by atoms with van der Waals surface area (Å²) in [7, 11) is 0. The molecule has 1 N–H and O–H groups in total. The van der Waals surface area contributed by atoms with Crippen molar-refractivity contribution in [1.29, 1.82) is 0 Å². The van der Waals surface area contributed by atoms with Crippen molar-refractivity contribution in [1.82, 2.24) is 9.97 Å². The van der Waals surface area contributed by atoms with Gasteiger partial charge < -0.3 is 5.11 Å². The molecule has 2 aromatic heterocycles. The molecule has 160 valence electrons. The molecule has 2 aromatic carbocycles. The maximum Gasteiger partial charge on any atom is 0.417 e. The van der Waals surface area contributed by atoms with E-state index in [1.807, 2.05) is 12.3 Å². The Bertz CT molecular complexity index is 1240. The van der Waals surface area contributed by atoms with Crippen molar-refractivity contribution < 1.29 is 23.1 Å². The minimum atomic E-state index is -4.53. The zero-order valence-corrected chi connectivity index (χ0v) is 17.2. The van der Waals surface area contributed by atoms with Crippen LogP contribution in [0.2, 0.25) is 0 Å². The number of nitrogens with zero attached hydrogens (tertiary/aromatic N) is 2. The number of aromatic carboxylic acids is 1. The summed E-state index contributed by atoms with van der Waals surface area (Å²) in [5.41, 5.74) is 1.59. The van der Waals surface area contributed by atoms with Crippen molar-refractivity contribution in [3.63, 3.8) is 0 Å². The van der Waals surface area contributed by atoms with Gasteiger partial charge in [-0.25, -0.2) is 4.79 Å². The van der Waals surface area contributed by atoms with Crippen molar-refractivity contribution >= 4 is 27.8 Å². The van der Waals surface area contributed by atoms with Crippen molar-refractivity contribution in [2.75, 3.05) is 0 Å². The second-order valence-corrected chi connectivity index (χ2v) is 8.02. The van der Waals surface area contributed by atoms with Gasteiger partial charge in [0.2, 0.25) is 0 Å². The maximum absolute atomic E-state index is 12.7. The fraction of sp³-hybridized carbons (Fsp3) is 0.208. The number of fused-ring (bicyclic) bond motifs is 2. The van der Waals surface area contributed by atoms with Gasteiger partial charge in [0, 0.05) is 23.2 Å². The number of aromatic nitrogens is 2. The zero-order valence-electron chi connectivity index (χ0n) is 17.2. The number of alkyl halides is 3. The summed E-state index contributed by atoms with van der Waals surface area (Å²) in [6, 6.07) is 14.9. The zero-order chi connectivity index (χ0) is 22.8. The molecule has 7 heteroatoms. The molecule has 0 aliphatic rings. The molecule has 0 aliphatic carbocycles. The molecule has 0 saturated heterocycles. The average molecular weight is 426 g/mol. The standard InChI is InChI=1S/C13H15N.C11H6F3NO2/c1-13(2,3)11-8-9-14-12-7-5-4-6-10(11)12;12-11(13,14)8-2-1-3-9-7(8)4-6(5-15-9)10(16)17/h4-9H,1-3H3;1-5H,(H,16,17). The van der Waals surface area contributed by atoms with Crippen LogP contribution in [-0.4, -0.2) is 21.0 Å². The van der Waals surface area contributed by atoms with Gasteiger partial charge in [-0.15, -0.1) is 0 Å². The summed E-state index contributed by atoms with van der Waals surface area (Å²) in [5.74, 6) is -1.31. The van der Waals surface area contributed by atoms with E-state index in [4.69, 9.17) is 5.11 Å². The molecule has 0 amide bonds. The molecular weight excluding hydrogens is 405 g/mol. The van der Waals surface area contributed by atoms with Gasteiger partial charge in [-0.3, -0.25) is 9.97 Å². The molecule has 31 heavy (non-hydrogen) atoms. The van der Waals surface area contributed by atoms with Crippen LogP contribution in [0, 0.1) is 0 Å². The van der Waals surface area contributed by atoms with Crippen molar-refractivity contribution in [3.8, 4) is 0 Å². The third-order valence-electron chi connectivity index (χ3n) is 4.74. The first-order chi connectivity index (χ1) is 14.5. The Kier molecular flexibility index (Phi) is 5.97. The van der Waals surface area contributed by atoms with Crippen molar-refractivity contribution in [2.45, 2.75) is 32.4 Å². The van der Waals surface area contributed by atoms with Crippen LogP contribution in [-0.2, 0) is 11.6 Å². The molecule has 2 heterocycles. The van der Waals surface area contributed by atoms with E-state index in [9.17, 15) is 18.0 Å². The third kappa shape index (κ3) is 4.99. The number of halogens is 3. The number of carboxylic acid groups (broad SMARTS) is 1. The Morgan fingerprint density at radius 3 is 2.13 bits per heavy atom. The molecule has 0 bridgehead atoms. The van der Waals surface area contributed by atoms with Gasteiger partial charge >= 0.3 is 12.1 Å². The van der Waals surface area contributed by atoms with Crippen LogP contribution in [0.3, 0.4) is 0 Å². The number of carbonyl (C=O) groups is 1. The highest BCUT2D eigenvalue weighted by molar-refractivity contribution is 5.93. The lowest BCUT2D eigenvalue weighted by Crippen LogP contribution is -2.11. The lowest BCUT2D eigenvalue weighted by Gasteiger charge is -2.20. The van der Waals surface area contributed by atoms with E-state index in [-0.39, 0.29) is 21.9 Å². The van der Waals surface area contributed by atoms with E-state index in [1.54, 1.807) is 0 Å². The lowest BCUT2D eigenvalue weighted by molar-refractivity contribution is -0.136. The van der Waals surface area contributed by atoms with E-state index in [2.05, 4.69) is 55.0 Å². The summed E-state index contributed by atoms with van der Waals surface area (Å²) in [6.45, 7) is 6.69. The minimum Gasteiger partial charge on any atom is -0.478 e. The average Bonchev–Trinajstić information content (AvgIpc) is 2.71. The number of rotatable bonds is 1. The second kappa shape index (κ2) is 8.34. The smallest absolute Gasteiger partial charge is 0.417 e. The number of hydrogen-bond donors (Lipinski definition) is 1. The van der Waals surface area contributed by atoms with Crippen LogP contribution in [0.1, 0.15) is 42.3 Å². The number of pyridine rings is 2. The Labute approximate surface area is 177 Å². The van der Waals surface area contributed by atoms with Gasteiger partial charge in [0.25, 0.3) is 0 Å². The van der Waals surface area contributed by atoms with Crippen LogP contribution >= 0.6 is 0 Å². The number of para-hydroxylation sites is 1. The first kappa shape index (κ1) is 22.2. The normalized spacial score (nSPS) is 11.8. The molecular formula is C24H21F3N2O2. The topological polar surface area (TPSA) is 63.1 Å². The van der Waals surface area contributed by atoms with Gasteiger partial charge in [-0.05, 0) is 41.3 Å². The molecule has 0 saturated carbocycles. The summed E-state index contributed by atoms with van der Waals surface area (Å²) >= 11 is 0. The van der Waals surface area contributed by atoms with Gasteiger partial charge in [-0.1, -0.05) is 45.0 Å². The lowest BCUT2D eigenvalue weighted by atomic mass is 9.85. The van der Waals surface area contributed by atoms with E-state index in [1.165, 1.54) is 23.1 Å². The van der Waals surface area contributed by atoms with Crippen molar-refractivity contribution in [2.24, 2.45) is 0 Å². The van der Waals surface area contributed by atoms with E-state index in [0.717, 1.165) is 23.8 Å². The fourth-order valence-corrected chi connectivity index (χ4v) is 3.26. The van der Waals surface area contributed by atoms with Gasteiger partial charge in [0.1, 0.15) is 0 Å². The molecule has 4 rings (SSSR count). The Hall–Kier alpha value is -3.48. The largest absolute Gasteiger partial charge is 0.478 e. The van der Waals surface area contributed by atoms with Gasteiger partial charge in [-0.2, -0.15) is 13.2 Å². The molecule has 0 radical (unpaired) electrons. The highest BCUT2D eigenvalue weighted by Gasteiger charge is 2.32. The van der Waals surface area contributed by atoms with Crippen molar-refractivity contribution in [3.05, 3.63) is 83.7 Å². The summed E-state index contributed by atoms with van der Waals surface area (Å²) in [6.07, 6.45) is -1.61. The molecule has 0 fully saturated rings. The van der Waals surface area contributed by atoms with E-state index >= 15 is 0 Å². The number of carboxylic acids is 1. The quantitative estimate of drug-likeness (QED) is 0.378. The number of benzene rings is 2. The molecule has 0 spiro atoms. The molecule has 0 unspecified atom stereocenters. The molecule has 4 nitrogen and oxygen atoms in total. The third-order valence-corrected chi connectivity index (χ3v) is 4.74. The predicted molar refractivity (Wildman–Crippen MR) is 114 cm³/mol. The van der Waals surface area contributed by atoms with Crippen LogP contribution in [0.5, 0.6) is 0 Å². The van der Waals surface area contributed by atoms with Gasteiger partial charge in [0.05, 0.1) is 22.2 Å². The highest BCUT2D eigenvalue weighted by Crippen LogP contribution is 2.34. The van der Waals surface area contributed by atoms with Crippen LogP contribution in [0.15, 0.2) is 67.0 Å². The SMILES string of the molecule is CC(C)(C)c1ccnc2ccccc12.O=C(O)c1cnc2cccc(C(F)(F)F)c2c1. The first-order valence-corrected chi connectivity index (χ1v) is 9.52. The second-order valence-electron chi connectivity index (χ2n) is 8.02. The summed E-state index contributed by atoms with van der Waals surface area (Å²) < 4.78 is 38.0. The van der Waals surface area contributed by atoms with Crippen LogP contribution in [0.4, 0.5) is 13.2 Å². The fourth-order valence-electron chi connectivity index (χ4n) is 3.26. The molecule has 4 aromatic rings. The van der Waals surface area contributed by atoms with Gasteiger partial charge in [0.15, 0.2) is 0 Å². The monoisotopic (exact) mass is 426 g/mol. The molecule has 0 atom stereocenters. The van der Waals surface area contributed by atoms with E-state index < -0.39 is 17.7 Å². The summed E-state index contributed by atoms with van der Waals surface area (Å²) in [4.78, 5) is 18.7. The Balaban J connectivity index is 0.000000179. The first-order valence-electron chi connectivity index (χ1n) is 9.52. The Morgan fingerprint density at radius 1 is 0.839 bits per heavy atom. The van der Waals surface area contributed by atoms with Crippen LogP contribution < -0.4 is 0 Å². The minimum absolute atomic E-state index is 0.116. The predicted octanol–water partition coefficient (Wildman–Crippen LogP) is 6.48.